The van der Waals surface area contributed by atoms with E-state index in [1.807, 2.05) is 26.5 Å². The average Bonchev–Trinajstić information content (AvgIpc) is 1.26. The molecule has 0 spiro atoms. The number of pyridine rings is 1. The van der Waals surface area contributed by atoms with E-state index in [0.29, 0.717) is 27.5 Å². The van der Waals surface area contributed by atoms with Crippen molar-refractivity contribution in [1.29, 1.82) is 0 Å². The number of thiazole rings is 5. The molecule has 30 nitrogen and oxygen atoms in total. The number of ether oxygens (including phenoxy) is 6. The van der Waals surface area contributed by atoms with E-state index in [9.17, 15) is 30.1 Å². The van der Waals surface area contributed by atoms with Crippen molar-refractivity contribution in [2.45, 2.75) is 114 Å². The zero-order chi connectivity index (χ0) is 69.8. The van der Waals surface area contributed by atoms with Crippen molar-refractivity contribution in [2.75, 3.05) is 62.0 Å². The number of amides is 4. The van der Waals surface area contributed by atoms with Crippen molar-refractivity contribution in [3.8, 4) is 38.4 Å². The lowest BCUT2D eigenvalue weighted by Gasteiger charge is -2.48. The van der Waals surface area contributed by atoms with Crippen LogP contribution < -0.4 is 21.3 Å². The van der Waals surface area contributed by atoms with Crippen LogP contribution in [0.4, 0.5) is 0 Å². The van der Waals surface area contributed by atoms with Gasteiger partial charge in [0.2, 0.25) is 5.91 Å². The predicted octanol–water partition coefficient (Wildman–Crippen LogP) is 5.16. The van der Waals surface area contributed by atoms with E-state index in [0.717, 1.165) is 58.4 Å². The molecule has 4 amide bonds. The highest BCUT2D eigenvalue weighted by Gasteiger charge is 2.50. The monoisotopic (exact) mass is 1440 g/mol. The minimum atomic E-state index is -1.89. The van der Waals surface area contributed by atoms with Crippen LogP contribution in [0, 0.1) is 0 Å². The summed E-state index contributed by atoms with van der Waals surface area (Å²) in [6.45, 7) is 6.52. The maximum Gasteiger partial charge on any atom is 0.358 e. The number of rotatable bonds is 11. The third-order valence-corrected chi connectivity index (χ3v) is 21.5. The van der Waals surface area contributed by atoms with Gasteiger partial charge < -0.3 is 80.0 Å². The molecule has 12 rings (SSSR count). The molecule has 8 N–H and O–H groups in total. The van der Waals surface area contributed by atoms with Gasteiger partial charge in [-0.3, -0.25) is 24.1 Å². The number of hydrogen-bond acceptors (Lipinski definition) is 30. The van der Waals surface area contributed by atoms with E-state index in [1.54, 1.807) is 50.4 Å². The van der Waals surface area contributed by atoms with Gasteiger partial charge in [0.05, 0.1) is 48.8 Å². The van der Waals surface area contributed by atoms with Crippen LogP contribution in [0.25, 0.3) is 49.3 Å². The first-order valence-electron chi connectivity index (χ1n) is 30.8. The van der Waals surface area contributed by atoms with Crippen LogP contribution in [0.15, 0.2) is 56.9 Å². The molecule has 518 valence electrons. The van der Waals surface area contributed by atoms with E-state index in [2.05, 4.69) is 41.0 Å². The number of benzene rings is 1. The number of allylic oxidation sites excluding steroid dienone is 1. The van der Waals surface area contributed by atoms with Gasteiger partial charge in [0.1, 0.15) is 114 Å². The summed E-state index contributed by atoms with van der Waals surface area (Å²) in [5.74, 6) is -5.89. The highest BCUT2D eigenvalue weighted by atomic mass is 32.1. The Hall–Kier alpha value is -8.30. The van der Waals surface area contributed by atoms with Gasteiger partial charge in [-0.1, -0.05) is 12.1 Å². The smallest absolute Gasteiger partial charge is 0.358 e. The van der Waals surface area contributed by atoms with E-state index in [-0.39, 0.29) is 99.9 Å². The standard InChI is InChI=1S/C63H70N14O16S5/c1-27(78)43-55(83)72-44(28(2)88-10)58-68-38(26-97-58)54(82)73-47-49-50(93-41-17-63(4,86)51(75(7)8)29(3)92-41)62(85)90-19-30-12-11-13-39-42(30)33(20-89-49)48(77(39)87)61(84)91-21-34(65-52(80)36-25-98-60(47)69-36)57-66-35(23-96-57)45-32(56-67-37(24-95-56)53(81)71-43)16-40(79)46(70-45)59-64-31(22-94-59)18-76(9)15-14-74(5)6/h11-13,16,22-27,29,34,41,43,47,49-51,78-79,86-87H,14-15,17-21H2,1-10H3,(H,65,80)(H,71,81)(H,72,83)(H,73,82)/b44-28+. The zero-order valence-electron chi connectivity index (χ0n) is 54.5. The van der Waals surface area contributed by atoms with Crippen molar-refractivity contribution >= 4 is 109 Å². The number of aromatic hydroxyl groups is 1. The number of carbonyl (C=O) groups is 6. The number of hydrogen-bond donors (Lipinski definition) is 8. The molecule has 4 aliphatic rings. The Morgan fingerprint density at radius 2 is 1.48 bits per heavy atom. The second-order valence-electron chi connectivity index (χ2n) is 24.7. The summed E-state index contributed by atoms with van der Waals surface area (Å²) in [4.78, 5) is 124. The molecule has 8 aromatic rings. The molecule has 1 aromatic carbocycles. The maximum absolute atomic E-state index is 15.2. The van der Waals surface area contributed by atoms with Crippen LogP contribution in [0.2, 0.25) is 0 Å². The molecule has 0 radical (unpaired) electrons. The number of nitrogens with one attached hydrogen (secondary N) is 4. The molecule has 98 heavy (non-hydrogen) atoms. The number of aromatic nitrogens is 7. The SMILES string of the molecule is CO/C(C)=C1/NC(=O)C(C(C)O)NC(=O)c2csc(n2)-c2cc(O)c(-c3nc(CN(C)CCN(C)C)cs3)nc2-c2csc(n2)C2COC(=O)c3c4c5c(cccc5n3O)COC(=O)C(OC3CC(C)(O)C(N(C)C)C(C)O3)C(OC4)C(NC(=O)c3csc1n3)c1nc(cs1)C(=O)N2. The van der Waals surface area contributed by atoms with Crippen molar-refractivity contribution in [3.05, 3.63) is 112 Å². The topological polar surface area (TPSA) is 379 Å². The number of esters is 2. The van der Waals surface area contributed by atoms with Crippen molar-refractivity contribution in [3.63, 3.8) is 0 Å². The Morgan fingerprint density at radius 3 is 2.20 bits per heavy atom. The van der Waals surface area contributed by atoms with Crippen LogP contribution in [-0.4, -0.2) is 216 Å². The first-order valence-corrected chi connectivity index (χ1v) is 35.2. The molecule has 10 unspecified atom stereocenters. The summed E-state index contributed by atoms with van der Waals surface area (Å²) in [5.41, 5.74) is -0.869. The number of carbonyl (C=O) groups excluding carboxylic acids is 6. The molecular weight excluding hydrogens is 1370 g/mol. The second kappa shape index (κ2) is 28.5. The van der Waals surface area contributed by atoms with Gasteiger partial charge in [0, 0.05) is 69.5 Å². The molecule has 4 aliphatic heterocycles. The van der Waals surface area contributed by atoms with Crippen molar-refractivity contribution in [2.24, 2.45) is 0 Å². The fourth-order valence-electron chi connectivity index (χ4n) is 12.2. The van der Waals surface area contributed by atoms with Gasteiger partial charge in [-0.05, 0) is 80.6 Å². The van der Waals surface area contributed by atoms with E-state index in [1.165, 1.54) is 60.6 Å². The van der Waals surface area contributed by atoms with Gasteiger partial charge in [-0.25, -0.2) is 39.5 Å². The first-order chi connectivity index (χ1) is 46.7. The Kier molecular flexibility index (Phi) is 20.2. The predicted molar refractivity (Wildman–Crippen MR) is 359 cm³/mol. The minimum Gasteiger partial charge on any atom is -0.506 e. The number of cyclic esters (lactones) is 2. The van der Waals surface area contributed by atoms with Crippen LogP contribution in [0.3, 0.4) is 0 Å². The zero-order valence-corrected chi connectivity index (χ0v) is 58.6. The van der Waals surface area contributed by atoms with E-state index in [4.69, 9.17) is 48.4 Å². The van der Waals surface area contributed by atoms with Crippen LogP contribution >= 0.6 is 56.7 Å². The third kappa shape index (κ3) is 14.2. The lowest BCUT2D eigenvalue weighted by atomic mass is 9.85. The Morgan fingerprint density at radius 1 is 0.806 bits per heavy atom. The van der Waals surface area contributed by atoms with Gasteiger partial charge in [0.15, 0.2) is 18.1 Å². The Balaban J connectivity index is 1.03. The van der Waals surface area contributed by atoms with Crippen molar-refractivity contribution < 1.29 is 77.7 Å². The highest BCUT2D eigenvalue weighted by Crippen LogP contribution is 2.43. The largest absolute Gasteiger partial charge is 0.506 e. The first kappa shape index (κ1) is 69.6. The summed E-state index contributed by atoms with van der Waals surface area (Å²) >= 11 is 5.09. The number of methoxy groups -OCH3 is 1. The summed E-state index contributed by atoms with van der Waals surface area (Å²) in [7, 11) is 10.8. The fraction of sp³-hybridized carbons (Fsp3) is 0.429. The van der Waals surface area contributed by atoms with Gasteiger partial charge in [-0.15, -0.1) is 56.7 Å². The fourth-order valence-corrected chi connectivity index (χ4v) is 16.4. The third-order valence-electron chi connectivity index (χ3n) is 16.9. The number of aliphatic hydroxyl groups is 2. The number of aliphatic hydroxyl groups excluding tert-OH is 1. The number of likely N-dealkylation sites (N-methyl/N-ethyl adjacent to an activating group) is 3. The van der Waals surface area contributed by atoms with Crippen LogP contribution in [0.1, 0.15) is 120 Å². The molecular formula is C63H70N14O16S5. The Labute approximate surface area is 580 Å². The maximum atomic E-state index is 15.2. The molecule has 7 aromatic heterocycles. The summed E-state index contributed by atoms with van der Waals surface area (Å²) in [5, 5.41) is 67.0. The number of fused-ring (bicyclic) bond motifs is 15. The number of nitrogens with zero attached hydrogens (tertiary/aromatic N) is 10. The van der Waals surface area contributed by atoms with Crippen LogP contribution in [0.5, 0.6) is 5.75 Å². The van der Waals surface area contributed by atoms with Gasteiger partial charge >= 0.3 is 11.9 Å². The molecule has 1 saturated heterocycles. The lowest BCUT2D eigenvalue weighted by molar-refractivity contribution is -0.280. The average molecular weight is 1440 g/mol. The molecule has 12 bridgehead atoms. The molecule has 0 aliphatic carbocycles. The lowest BCUT2D eigenvalue weighted by Crippen LogP contribution is -2.62. The van der Waals surface area contributed by atoms with Crippen LogP contribution in [-0.2, 0) is 57.8 Å². The molecule has 11 heterocycles. The Bertz CT molecular complexity index is 4420. The molecule has 1 fully saturated rings. The highest BCUT2D eigenvalue weighted by molar-refractivity contribution is 7.14. The second-order valence-corrected chi connectivity index (χ2v) is 29.0. The summed E-state index contributed by atoms with van der Waals surface area (Å²) < 4.78 is 38.4. The quantitative estimate of drug-likeness (QED) is 0.0471. The molecule has 10 atom stereocenters. The minimum absolute atomic E-state index is 0.0139. The summed E-state index contributed by atoms with van der Waals surface area (Å²) in [6, 6.07) is 1.07. The molecule has 35 heteroatoms. The van der Waals surface area contributed by atoms with Gasteiger partial charge in [-0.2, -0.15) is 4.73 Å². The normalized spacial score (nSPS) is 24.3. The van der Waals surface area contributed by atoms with Crippen molar-refractivity contribution in [1.82, 2.24) is 70.6 Å². The van der Waals surface area contributed by atoms with Gasteiger partial charge in [0.25, 0.3) is 17.7 Å². The molecule has 0 saturated carbocycles. The van der Waals surface area contributed by atoms with E-state index >= 15 is 19.2 Å². The summed E-state index contributed by atoms with van der Waals surface area (Å²) in [6.07, 6.45) is -7.38. The van der Waals surface area contributed by atoms with E-state index < -0.39 is 122 Å².